The highest BCUT2D eigenvalue weighted by Gasteiger charge is 2.16. The minimum Gasteiger partial charge on any atom is -0.434 e. The zero-order valence-corrected chi connectivity index (χ0v) is 11.2. The molecule has 0 saturated carbocycles. The maximum Gasteiger partial charge on any atom is 0.387 e. The number of anilines is 1. The molecule has 0 amide bonds. The standard InChI is InChI=1S/C15H11F2N3O2/c16-15(17)21-12-7-2-1-6-11(12)13-19-14(22-20-13)9-4-3-5-10(18)8-9/h1-8,15H,18H2. The van der Waals surface area contributed by atoms with Gasteiger partial charge in [0.15, 0.2) is 0 Å². The normalized spacial score (nSPS) is 10.9. The van der Waals surface area contributed by atoms with Crippen LogP contribution in [0.4, 0.5) is 14.5 Å². The van der Waals surface area contributed by atoms with Gasteiger partial charge in [-0.05, 0) is 30.3 Å². The molecule has 5 nitrogen and oxygen atoms in total. The van der Waals surface area contributed by atoms with Crippen LogP contribution < -0.4 is 10.5 Å². The molecule has 1 heterocycles. The molecule has 0 spiro atoms. The first-order valence-corrected chi connectivity index (χ1v) is 6.37. The van der Waals surface area contributed by atoms with Crippen LogP contribution in [0, 0.1) is 0 Å². The predicted molar refractivity (Wildman–Crippen MR) is 76.2 cm³/mol. The highest BCUT2D eigenvalue weighted by Crippen LogP contribution is 2.30. The fraction of sp³-hybridized carbons (Fsp3) is 0.0667. The third-order valence-electron chi connectivity index (χ3n) is 2.90. The van der Waals surface area contributed by atoms with Crippen LogP contribution in [0.5, 0.6) is 5.75 Å². The maximum atomic E-state index is 12.4. The first-order chi connectivity index (χ1) is 10.6. The molecule has 1 aromatic heterocycles. The molecule has 0 saturated heterocycles. The van der Waals surface area contributed by atoms with Crippen LogP contribution >= 0.6 is 0 Å². The number of nitrogens with zero attached hydrogens (tertiary/aromatic N) is 2. The van der Waals surface area contributed by atoms with Gasteiger partial charge in [-0.1, -0.05) is 23.4 Å². The van der Waals surface area contributed by atoms with E-state index >= 15 is 0 Å². The number of halogens is 2. The summed E-state index contributed by atoms with van der Waals surface area (Å²) < 4.78 is 34.5. The zero-order chi connectivity index (χ0) is 15.5. The SMILES string of the molecule is Nc1cccc(-c2nc(-c3ccccc3OC(F)F)no2)c1. The van der Waals surface area contributed by atoms with E-state index in [1.807, 2.05) is 0 Å². The molecule has 0 aliphatic heterocycles. The monoisotopic (exact) mass is 303 g/mol. The Labute approximate surface area is 124 Å². The number of ether oxygens (including phenoxy) is 1. The molecule has 2 N–H and O–H groups in total. The quantitative estimate of drug-likeness (QED) is 0.746. The lowest BCUT2D eigenvalue weighted by Gasteiger charge is -2.07. The number of nitrogen functional groups attached to an aromatic ring is 1. The number of alkyl halides is 2. The number of nitrogens with two attached hydrogens (primary N) is 1. The Balaban J connectivity index is 1.98. The number of para-hydroxylation sites is 1. The van der Waals surface area contributed by atoms with E-state index in [9.17, 15) is 8.78 Å². The van der Waals surface area contributed by atoms with E-state index in [1.54, 1.807) is 42.5 Å². The Morgan fingerprint density at radius 2 is 1.91 bits per heavy atom. The lowest BCUT2D eigenvalue weighted by Crippen LogP contribution is -2.03. The summed E-state index contributed by atoms with van der Waals surface area (Å²) in [6, 6.07) is 13.2. The van der Waals surface area contributed by atoms with E-state index in [2.05, 4.69) is 14.9 Å². The molecule has 0 radical (unpaired) electrons. The van der Waals surface area contributed by atoms with Gasteiger partial charge in [0, 0.05) is 11.3 Å². The van der Waals surface area contributed by atoms with E-state index < -0.39 is 6.61 Å². The second kappa shape index (κ2) is 5.80. The summed E-state index contributed by atoms with van der Waals surface area (Å²) in [6.45, 7) is -2.93. The van der Waals surface area contributed by atoms with Crippen LogP contribution in [-0.2, 0) is 0 Å². The first-order valence-electron chi connectivity index (χ1n) is 6.37. The molecular formula is C15H11F2N3O2. The molecule has 0 unspecified atom stereocenters. The van der Waals surface area contributed by atoms with Gasteiger partial charge in [-0.25, -0.2) is 0 Å². The molecule has 0 aliphatic carbocycles. The lowest BCUT2D eigenvalue weighted by molar-refractivity contribution is -0.0494. The Hall–Kier alpha value is -2.96. The van der Waals surface area contributed by atoms with Crippen LogP contribution in [0.3, 0.4) is 0 Å². The van der Waals surface area contributed by atoms with Gasteiger partial charge in [0.2, 0.25) is 5.82 Å². The van der Waals surface area contributed by atoms with Crippen LogP contribution in [0.2, 0.25) is 0 Å². The Morgan fingerprint density at radius 3 is 2.68 bits per heavy atom. The summed E-state index contributed by atoms with van der Waals surface area (Å²) in [7, 11) is 0. The molecule has 3 rings (SSSR count). The summed E-state index contributed by atoms with van der Waals surface area (Å²) in [5.41, 5.74) is 7.22. The van der Waals surface area contributed by atoms with Crippen LogP contribution in [0.1, 0.15) is 0 Å². The number of hydrogen-bond donors (Lipinski definition) is 1. The minimum absolute atomic E-state index is 0.0163. The molecule has 0 bridgehead atoms. The Kier molecular flexibility index (Phi) is 3.69. The molecule has 0 fully saturated rings. The molecule has 7 heteroatoms. The summed E-state index contributed by atoms with van der Waals surface area (Å²) in [4.78, 5) is 4.20. The van der Waals surface area contributed by atoms with Crippen molar-refractivity contribution in [1.29, 1.82) is 0 Å². The van der Waals surface area contributed by atoms with Crippen molar-refractivity contribution < 1.29 is 18.0 Å². The van der Waals surface area contributed by atoms with Gasteiger partial charge in [-0.15, -0.1) is 0 Å². The fourth-order valence-electron chi connectivity index (χ4n) is 1.97. The average Bonchev–Trinajstić information content (AvgIpc) is 2.97. The van der Waals surface area contributed by atoms with Crippen LogP contribution in [0.15, 0.2) is 53.1 Å². The zero-order valence-electron chi connectivity index (χ0n) is 11.2. The third kappa shape index (κ3) is 2.88. The Bertz CT molecular complexity index is 790. The van der Waals surface area contributed by atoms with Crippen molar-refractivity contribution in [1.82, 2.24) is 10.1 Å². The van der Waals surface area contributed by atoms with E-state index in [0.29, 0.717) is 16.8 Å². The van der Waals surface area contributed by atoms with Gasteiger partial charge in [0.05, 0.1) is 5.56 Å². The van der Waals surface area contributed by atoms with Crippen LogP contribution in [0.25, 0.3) is 22.8 Å². The van der Waals surface area contributed by atoms with Crippen LogP contribution in [-0.4, -0.2) is 16.8 Å². The van der Waals surface area contributed by atoms with E-state index in [0.717, 1.165) is 0 Å². The fourth-order valence-corrected chi connectivity index (χ4v) is 1.97. The van der Waals surface area contributed by atoms with E-state index in [4.69, 9.17) is 10.3 Å². The molecule has 0 atom stereocenters. The summed E-state index contributed by atoms with van der Waals surface area (Å²) in [5, 5.41) is 3.81. The summed E-state index contributed by atoms with van der Waals surface area (Å²) in [5.74, 6) is 0.389. The molecule has 3 aromatic rings. The molecular weight excluding hydrogens is 292 g/mol. The van der Waals surface area contributed by atoms with Crippen molar-refractivity contribution in [3.05, 3.63) is 48.5 Å². The number of hydrogen-bond acceptors (Lipinski definition) is 5. The average molecular weight is 303 g/mol. The first kappa shape index (κ1) is 14.0. The number of rotatable bonds is 4. The van der Waals surface area contributed by atoms with E-state index in [1.165, 1.54) is 6.07 Å². The molecule has 0 aliphatic rings. The Morgan fingerprint density at radius 1 is 1.09 bits per heavy atom. The van der Waals surface area contributed by atoms with Crippen molar-refractivity contribution in [3.63, 3.8) is 0 Å². The molecule has 22 heavy (non-hydrogen) atoms. The smallest absolute Gasteiger partial charge is 0.387 e. The van der Waals surface area contributed by atoms with Crippen molar-refractivity contribution in [2.75, 3.05) is 5.73 Å². The lowest BCUT2D eigenvalue weighted by atomic mass is 10.2. The van der Waals surface area contributed by atoms with Crippen molar-refractivity contribution >= 4 is 5.69 Å². The van der Waals surface area contributed by atoms with Gasteiger partial charge < -0.3 is 15.0 Å². The van der Waals surface area contributed by atoms with Crippen molar-refractivity contribution in [2.45, 2.75) is 6.61 Å². The van der Waals surface area contributed by atoms with Gasteiger partial charge in [-0.3, -0.25) is 0 Å². The van der Waals surface area contributed by atoms with E-state index in [-0.39, 0.29) is 17.5 Å². The second-order valence-corrected chi connectivity index (χ2v) is 4.42. The van der Waals surface area contributed by atoms with Gasteiger partial charge in [-0.2, -0.15) is 13.8 Å². The van der Waals surface area contributed by atoms with Gasteiger partial charge in [0.1, 0.15) is 5.75 Å². The van der Waals surface area contributed by atoms with Crippen molar-refractivity contribution in [3.8, 4) is 28.6 Å². The molecule has 2 aromatic carbocycles. The van der Waals surface area contributed by atoms with Crippen molar-refractivity contribution in [2.24, 2.45) is 0 Å². The second-order valence-electron chi connectivity index (χ2n) is 4.42. The number of benzene rings is 2. The largest absolute Gasteiger partial charge is 0.434 e. The maximum absolute atomic E-state index is 12.4. The summed E-state index contributed by atoms with van der Waals surface area (Å²) in [6.07, 6.45) is 0. The number of aromatic nitrogens is 2. The van der Waals surface area contributed by atoms with Gasteiger partial charge >= 0.3 is 6.61 Å². The van der Waals surface area contributed by atoms with Gasteiger partial charge in [0.25, 0.3) is 5.89 Å². The molecule has 112 valence electrons. The minimum atomic E-state index is -2.93. The summed E-state index contributed by atoms with van der Waals surface area (Å²) >= 11 is 0. The third-order valence-corrected chi connectivity index (χ3v) is 2.90. The highest BCUT2D eigenvalue weighted by molar-refractivity contribution is 5.66. The topological polar surface area (TPSA) is 74.2 Å². The highest BCUT2D eigenvalue weighted by atomic mass is 19.3. The predicted octanol–water partition coefficient (Wildman–Crippen LogP) is 3.59.